The van der Waals surface area contributed by atoms with Gasteiger partial charge in [0.2, 0.25) is 0 Å². The summed E-state index contributed by atoms with van der Waals surface area (Å²) < 4.78 is 1.85. The lowest BCUT2D eigenvalue weighted by Crippen LogP contribution is -3.00. The van der Waals surface area contributed by atoms with Crippen molar-refractivity contribution in [1.82, 2.24) is 4.90 Å². The Morgan fingerprint density at radius 3 is 2.17 bits per heavy atom. The standard InChI is InChI=1S/C8H14N3.ClH/c1-10(2)6-8(5-9)7-11(3)4;/h6-7H,1-4H3;1H/q+1;/p-1. The van der Waals surface area contributed by atoms with Crippen LogP contribution in [0.4, 0.5) is 0 Å². The molecule has 0 spiro atoms. The topological polar surface area (TPSA) is 30.0 Å². The molecule has 0 aliphatic carbocycles. The van der Waals surface area contributed by atoms with Crippen molar-refractivity contribution in [3.63, 3.8) is 0 Å². The van der Waals surface area contributed by atoms with Gasteiger partial charge in [-0.1, -0.05) is 0 Å². The highest BCUT2D eigenvalue weighted by Gasteiger charge is 1.95. The average Bonchev–Trinajstić information content (AvgIpc) is 1.84. The molecule has 0 radical (unpaired) electrons. The number of hydrogen-bond acceptors (Lipinski definition) is 2. The second-order valence-electron chi connectivity index (χ2n) is 2.75. The van der Waals surface area contributed by atoms with E-state index in [2.05, 4.69) is 6.07 Å². The fraction of sp³-hybridized carbons (Fsp3) is 0.500. The largest absolute Gasteiger partial charge is 1.00 e. The first-order chi connectivity index (χ1) is 5.06. The minimum Gasteiger partial charge on any atom is -1.00 e. The number of rotatable bonds is 2. The monoisotopic (exact) mass is 187 g/mol. The molecule has 0 unspecified atom stereocenters. The van der Waals surface area contributed by atoms with Crippen LogP contribution in [-0.2, 0) is 0 Å². The van der Waals surface area contributed by atoms with Crippen LogP contribution in [0.15, 0.2) is 11.8 Å². The minimum atomic E-state index is 0. The molecule has 0 aliphatic heterocycles. The fourth-order valence-corrected chi connectivity index (χ4v) is 0.647. The molecule has 0 N–H and O–H groups in total. The Kier molecular flexibility index (Phi) is 7.56. The van der Waals surface area contributed by atoms with E-state index in [0.29, 0.717) is 5.57 Å². The molecule has 0 amide bonds. The second kappa shape index (κ2) is 6.68. The Bertz CT molecular complexity index is 219. The summed E-state index contributed by atoms with van der Waals surface area (Å²) in [5, 5.41) is 8.62. The van der Waals surface area contributed by atoms with Crippen molar-refractivity contribution in [2.45, 2.75) is 0 Å². The van der Waals surface area contributed by atoms with Crippen LogP contribution in [0.3, 0.4) is 0 Å². The van der Waals surface area contributed by atoms with Gasteiger partial charge in [-0.25, -0.2) is 4.58 Å². The van der Waals surface area contributed by atoms with Crippen LogP contribution in [0, 0.1) is 11.3 Å². The lowest BCUT2D eigenvalue weighted by molar-refractivity contribution is -0.458. The van der Waals surface area contributed by atoms with Gasteiger partial charge in [-0.2, -0.15) is 5.26 Å². The van der Waals surface area contributed by atoms with E-state index in [4.69, 9.17) is 5.26 Å². The third kappa shape index (κ3) is 7.10. The summed E-state index contributed by atoms with van der Waals surface area (Å²) >= 11 is 0. The van der Waals surface area contributed by atoms with Crippen LogP contribution in [0.1, 0.15) is 0 Å². The number of halogens is 1. The molecule has 0 aromatic rings. The van der Waals surface area contributed by atoms with Crippen molar-refractivity contribution < 1.29 is 17.0 Å². The fourth-order valence-electron chi connectivity index (χ4n) is 0.647. The first-order valence-electron chi connectivity index (χ1n) is 3.36. The zero-order valence-electron chi connectivity index (χ0n) is 7.87. The summed E-state index contributed by atoms with van der Waals surface area (Å²) in [4.78, 5) is 1.85. The summed E-state index contributed by atoms with van der Waals surface area (Å²) in [5.41, 5.74) is 0.653. The Hall–Kier alpha value is -1.01. The maximum Gasteiger partial charge on any atom is 0.182 e. The molecule has 0 saturated carbocycles. The van der Waals surface area contributed by atoms with E-state index in [1.54, 1.807) is 12.4 Å². The van der Waals surface area contributed by atoms with Gasteiger partial charge in [0.15, 0.2) is 6.21 Å². The van der Waals surface area contributed by atoms with Crippen molar-refractivity contribution in [1.29, 1.82) is 5.26 Å². The average molecular weight is 188 g/mol. The van der Waals surface area contributed by atoms with E-state index >= 15 is 0 Å². The van der Waals surface area contributed by atoms with Gasteiger partial charge in [0.1, 0.15) is 25.7 Å². The molecule has 0 aromatic carbocycles. The maximum atomic E-state index is 8.62. The predicted octanol–water partition coefficient (Wildman–Crippen LogP) is -2.70. The van der Waals surface area contributed by atoms with Gasteiger partial charge in [0.25, 0.3) is 0 Å². The molecular formula is C8H14ClN3. The molecular weight excluding hydrogens is 174 g/mol. The molecule has 0 rings (SSSR count). The minimum absolute atomic E-state index is 0. The zero-order valence-corrected chi connectivity index (χ0v) is 8.63. The molecule has 4 heteroatoms. The quantitative estimate of drug-likeness (QED) is 0.268. The number of allylic oxidation sites excluding steroid dienone is 1. The zero-order chi connectivity index (χ0) is 8.85. The van der Waals surface area contributed by atoms with E-state index in [1.165, 1.54) is 0 Å². The molecule has 0 fully saturated rings. The van der Waals surface area contributed by atoms with Gasteiger partial charge < -0.3 is 17.3 Å². The molecule has 68 valence electrons. The molecule has 0 heterocycles. The summed E-state index contributed by atoms with van der Waals surface area (Å²) in [5.74, 6) is 0. The van der Waals surface area contributed by atoms with Crippen LogP contribution in [0.5, 0.6) is 0 Å². The highest BCUT2D eigenvalue weighted by atomic mass is 35.5. The predicted molar refractivity (Wildman–Crippen MR) is 45.6 cm³/mol. The number of nitrogens with zero attached hydrogens (tertiary/aromatic N) is 3. The van der Waals surface area contributed by atoms with Crippen molar-refractivity contribution in [3.05, 3.63) is 11.8 Å². The Balaban J connectivity index is 0. The van der Waals surface area contributed by atoms with Crippen molar-refractivity contribution >= 4 is 6.21 Å². The first kappa shape index (κ1) is 13.6. The Morgan fingerprint density at radius 1 is 1.42 bits per heavy atom. The van der Waals surface area contributed by atoms with Crippen molar-refractivity contribution in [3.8, 4) is 6.07 Å². The third-order valence-corrected chi connectivity index (χ3v) is 0.924. The summed E-state index contributed by atoms with van der Waals surface area (Å²) in [6.45, 7) is 0. The van der Waals surface area contributed by atoms with Gasteiger partial charge in [-0.3, -0.25) is 0 Å². The summed E-state index contributed by atoms with van der Waals surface area (Å²) in [7, 11) is 7.56. The van der Waals surface area contributed by atoms with E-state index < -0.39 is 0 Å². The number of nitriles is 1. The molecule has 0 saturated heterocycles. The van der Waals surface area contributed by atoms with Gasteiger partial charge in [0.05, 0.1) is 0 Å². The first-order valence-corrected chi connectivity index (χ1v) is 3.36. The van der Waals surface area contributed by atoms with E-state index in [9.17, 15) is 0 Å². The Labute approximate surface area is 80.0 Å². The second-order valence-corrected chi connectivity index (χ2v) is 2.75. The number of hydrogen-bond donors (Lipinski definition) is 0. The SMILES string of the molecule is CN(C)C=C(C#N)C=[N+](C)C.[Cl-]. The normalized spacial score (nSPS) is 9.42. The van der Waals surface area contributed by atoms with Crippen LogP contribution < -0.4 is 12.4 Å². The van der Waals surface area contributed by atoms with Gasteiger partial charge in [0, 0.05) is 20.3 Å². The van der Waals surface area contributed by atoms with Crippen molar-refractivity contribution in [2.75, 3.05) is 28.2 Å². The molecule has 0 bridgehead atoms. The van der Waals surface area contributed by atoms with Crippen LogP contribution in [0.2, 0.25) is 0 Å². The molecule has 0 aromatic heterocycles. The summed E-state index contributed by atoms with van der Waals surface area (Å²) in [6, 6.07) is 2.09. The van der Waals surface area contributed by atoms with Crippen LogP contribution >= 0.6 is 0 Å². The summed E-state index contributed by atoms with van der Waals surface area (Å²) in [6.07, 6.45) is 3.56. The molecule has 0 aliphatic rings. The maximum absolute atomic E-state index is 8.62. The Morgan fingerprint density at radius 2 is 1.92 bits per heavy atom. The lowest BCUT2D eigenvalue weighted by Gasteiger charge is -2.02. The molecule has 12 heavy (non-hydrogen) atoms. The van der Waals surface area contributed by atoms with E-state index in [1.807, 2.05) is 37.7 Å². The van der Waals surface area contributed by atoms with Gasteiger partial charge in [-0.15, -0.1) is 0 Å². The highest BCUT2D eigenvalue weighted by molar-refractivity contribution is 5.79. The van der Waals surface area contributed by atoms with Crippen LogP contribution in [0.25, 0.3) is 0 Å². The highest BCUT2D eigenvalue weighted by Crippen LogP contribution is 1.88. The van der Waals surface area contributed by atoms with Gasteiger partial charge >= 0.3 is 0 Å². The van der Waals surface area contributed by atoms with E-state index in [0.717, 1.165) is 0 Å². The lowest BCUT2D eigenvalue weighted by atomic mass is 10.3. The van der Waals surface area contributed by atoms with Crippen LogP contribution in [-0.4, -0.2) is 43.9 Å². The van der Waals surface area contributed by atoms with E-state index in [-0.39, 0.29) is 12.4 Å². The molecule has 0 atom stereocenters. The smallest absolute Gasteiger partial charge is 0.182 e. The van der Waals surface area contributed by atoms with Crippen molar-refractivity contribution in [2.24, 2.45) is 0 Å². The third-order valence-electron chi connectivity index (χ3n) is 0.924. The van der Waals surface area contributed by atoms with Gasteiger partial charge in [-0.05, 0) is 0 Å². The molecule has 3 nitrogen and oxygen atoms in total.